The van der Waals surface area contributed by atoms with Crippen molar-refractivity contribution in [3.63, 3.8) is 0 Å². The van der Waals surface area contributed by atoms with Crippen LogP contribution in [0.3, 0.4) is 0 Å². The molecule has 0 aromatic heterocycles. The highest BCUT2D eigenvalue weighted by atomic mass is 19.1. The smallest absolute Gasteiger partial charge is 0.255 e. The quantitative estimate of drug-likeness (QED) is 0.273. The number of anilines is 2. The van der Waals surface area contributed by atoms with Gasteiger partial charge in [-0.25, -0.2) is 4.39 Å². The molecule has 190 valence electrons. The van der Waals surface area contributed by atoms with E-state index in [1.807, 2.05) is 33.3 Å². The van der Waals surface area contributed by atoms with E-state index >= 15 is 0 Å². The van der Waals surface area contributed by atoms with Gasteiger partial charge in [0.1, 0.15) is 5.82 Å². The zero-order chi connectivity index (χ0) is 26.1. The zero-order valence-electron chi connectivity index (χ0n) is 21.4. The number of unbranched alkanes of at least 4 members (excludes halogenated alkanes) is 1. The lowest BCUT2D eigenvalue weighted by Gasteiger charge is -2.10. The summed E-state index contributed by atoms with van der Waals surface area (Å²) in [7, 11) is 6.67. The third-order valence-electron chi connectivity index (χ3n) is 4.89. The molecule has 0 aliphatic rings. The maximum absolute atomic E-state index is 14.2. The highest BCUT2D eigenvalue weighted by Crippen LogP contribution is 2.22. The van der Waals surface area contributed by atoms with Crippen LogP contribution in [0.2, 0.25) is 0 Å². The van der Waals surface area contributed by atoms with Crippen LogP contribution in [0.4, 0.5) is 15.8 Å². The number of halogens is 1. The third kappa shape index (κ3) is 10.3. The molecule has 0 radical (unpaired) electrons. The molecule has 1 amide bonds. The van der Waals surface area contributed by atoms with Gasteiger partial charge in [-0.2, -0.15) is 0 Å². The van der Waals surface area contributed by atoms with E-state index in [4.69, 9.17) is 5.11 Å². The highest BCUT2D eigenvalue weighted by molar-refractivity contribution is 6.04. The molecule has 0 spiro atoms. The van der Waals surface area contributed by atoms with Crippen LogP contribution >= 0.6 is 0 Å². The SMILES string of the molecule is CCCCNc1ccc(NC(=O)c2ccc(-c3ccc(CNC)cc3)cc2)cc1F.CNC.CO. The van der Waals surface area contributed by atoms with Crippen molar-refractivity contribution in [3.05, 3.63) is 83.7 Å². The molecule has 0 heterocycles. The number of rotatable bonds is 9. The summed E-state index contributed by atoms with van der Waals surface area (Å²) in [6, 6.07) is 20.4. The number of aliphatic hydroxyl groups is 1. The van der Waals surface area contributed by atoms with E-state index in [0.717, 1.165) is 44.2 Å². The topological polar surface area (TPSA) is 85.4 Å². The number of hydrogen-bond donors (Lipinski definition) is 5. The molecule has 6 nitrogen and oxygen atoms in total. The largest absolute Gasteiger partial charge is 0.400 e. The Balaban J connectivity index is 0.00000114. The van der Waals surface area contributed by atoms with Gasteiger partial charge in [-0.3, -0.25) is 4.79 Å². The Hall–Kier alpha value is -3.26. The summed E-state index contributed by atoms with van der Waals surface area (Å²) >= 11 is 0. The minimum absolute atomic E-state index is 0.267. The van der Waals surface area contributed by atoms with Crippen molar-refractivity contribution >= 4 is 17.3 Å². The fraction of sp³-hybridized carbons (Fsp3) is 0.321. The first-order valence-corrected chi connectivity index (χ1v) is 11.7. The first-order valence-electron chi connectivity index (χ1n) is 11.7. The average molecular weight is 483 g/mol. The summed E-state index contributed by atoms with van der Waals surface area (Å²) in [4.78, 5) is 12.5. The standard InChI is InChI=1S/C25H28FN3O.C2H7N.CH4O/c1-3-4-15-28-24-14-13-22(16-23(24)26)29-25(30)21-11-9-20(10-12-21)19-7-5-18(6-8-19)17-27-2;1-3-2;1-2/h5-14,16,27-28H,3-4,15,17H2,1-2H3,(H,29,30);3H,1-2H3;2H,1H3. The van der Waals surface area contributed by atoms with Crippen LogP contribution < -0.4 is 21.3 Å². The predicted octanol–water partition coefficient (Wildman–Crippen LogP) is 5.12. The molecule has 3 rings (SSSR count). The molecule has 3 aromatic carbocycles. The number of benzene rings is 3. The second-order valence-electron chi connectivity index (χ2n) is 7.73. The number of aliphatic hydroxyl groups excluding tert-OH is 1. The first-order chi connectivity index (χ1) is 17.0. The Morgan fingerprint density at radius 1 is 0.886 bits per heavy atom. The molecule has 3 aromatic rings. The monoisotopic (exact) mass is 482 g/mol. The Morgan fingerprint density at radius 2 is 1.46 bits per heavy atom. The molecule has 0 atom stereocenters. The Morgan fingerprint density at radius 3 is 1.97 bits per heavy atom. The lowest BCUT2D eigenvalue weighted by atomic mass is 10.0. The molecule has 0 fully saturated rings. The fourth-order valence-electron chi connectivity index (χ4n) is 3.17. The van der Waals surface area contributed by atoms with Crippen LogP contribution in [0.25, 0.3) is 11.1 Å². The van der Waals surface area contributed by atoms with Gasteiger partial charge in [0, 0.05) is 31.5 Å². The maximum Gasteiger partial charge on any atom is 0.255 e. The van der Waals surface area contributed by atoms with Crippen LogP contribution in [0.1, 0.15) is 35.7 Å². The molecule has 5 N–H and O–H groups in total. The first kappa shape index (κ1) is 29.8. The fourth-order valence-corrected chi connectivity index (χ4v) is 3.17. The number of nitrogens with one attached hydrogen (secondary N) is 4. The summed E-state index contributed by atoms with van der Waals surface area (Å²) in [6.45, 7) is 3.64. The number of amides is 1. The molecule has 7 heteroatoms. The van der Waals surface area contributed by atoms with Crippen LogP contribution in [-0.4, -0.2) is 45.8 Å². The van der Waals surface area contributed by atoms with Crippen LogP contribution in [-0.2, 0) is 6.54 Å². The van der Waals surface area contributed by atoms with Crippen LogP contribution in [0.15, 0.2) is 66.7 Å². The van der Waals surface area contributed by atoms with Gasteiger partial charge in [-0.15, -0.1) is 0 Å². The highest BCUT2D eigenvalue weighted by Gasteiger charge is 2.09. The van der Waals surface area contributed by atoms with Crippen molar-refractivity contribution in [2.45, 2.75) is 26.3 Å². The molecule has 0 aliphatic carbocycles. The van der Waals surface area contributed by atoms with Gasteiger partial charge in [0.05, 0.1) is 5.69 Å². The third-order valence-corrected chi connectivity index (χ3v) is 4.89. The minimum Gasteiger partial charge on any atom is -0.400 e. The average Bonchev–Trinajstić information content (AvgIpc) is 2.88. The minimum atomic E-state index is -0.374. The van der Waals surface area contributed by atoms with E-state index in [0.29, 0.717) is 16.9 Å². The Kier molecular flexibility index (Phi) is 14.6. The van der Waals surface area contributed by atoms with Gasteiger partial charge in [0.25, 0.3) is 5.91 Å². The van der Waals surface area contributed by atoms with Crippen molar-refractivity contribution in [2.75, 3.05) is 45.4 Å². The predicted molar refractivity (Wildman–Crippen MR) is 146 cm³/mol. The second kappa shape index (κ2) is 17.2. The molecular formula is C28H39FN4O2. The lowest BCUT2D eigenvalue weighted by molar-refractivity contribution is 0.102. The van der Waals surface area contributed by atoms with E-state index in [-0.39, 0.29) is 11.7 Å². The van der Waals surface area contributed by atoms with Crippen molar-refractivity contribution in [3.8, 4) is 11.1 Å². The normalized spacial score (nSPS) is 9.80. The lowest BCUT2D eigenvalue weighted by Crippen LogP contribution is -2.12. The molecule has 0 saturated carbocycles. The van der Waals surface area contributed by atoms with E-state index in [1.165, 1.54) is 11.6 Å². The zero-order valence-corrected chi connectivity index (χ0v) is 21.4. The summed E-state index contributed by atoms with van der Waals surface area (Å²) < 4.78 is 14.2. The molecule has 0 bridgehead atoms. The van der Waals surface area contributed by atoms with Gasteiger partial charge in [0.2, 0.25) is 0 Å². The van der Waals surface area contributed by atoms with Crippen molar-refractivity contribution in [2.24, 2.45) is 0 Å². The molecular weight excluding hydrogens is 443 g/mol. The van der Waals surface area contributed by atoms with Crippen molar-refractivity contribution in [1.82, 2.24) is 10.6 Å². The summed E-state index contributed by atoms with van der Waals surface area (Å²) in [5.74, 6) is -0.641. The van der Waals surface area contributed by atoms with E-state index in [9.17, 15) is 9.18 Å². The van der Waals surface area contributed by atoms with E-state index < -0.39 is 0 Å². The Labute approximate surface area is 209 Å². The maximum atomic E-state index is 14.2. The van der Waals surface area contributed by atoms with Gasteiger partial charge < -0.3 is 26.4 Å². The summed E-state index contributed by atoms with van der Waals surface area (Å²) in [5.41, 5.74) is 4.76. The summed E-state index contributed by atoms with van der Waals surface area (Å²) in [5, 5.41) is 18.7. The van der Waals surface area contributed by atoms with Gasteiger partial charge in [-0.1, -0.05) is 49.7 Å². The molecule has 0 aliphatic heterocycles. The van der Waals surface area contributed by atoms with E-state index in [2.05, 4.69) is 52.5 Å². The van der Waals surface area contributed by atoms with Crippen LogP contribution in [0, 0.1) is 5.82 Å². The van der Waals surface area contributed by atoms with Crippen molar-refractivity contribution < 1.29 is 14.3 Å². The number of carbonyl (C=O) groups excluding carboxylic acids is 1. The van der Waals surface area contributed by atoms with E-state index in [1.54, 1.807) is 24.3 Å². The van der Waals surface area contributed by atoms with Crippen LogP contribution in [0.5, 0.6) is 0 Å². The van der Waals surface area contributed by atoms with Gasteiger partial charge in [-0.05, 0) is 74.6 Å². The molecule has 0 saturated heterocycles. The van der Waals surface area contributed by atoms with Crippen molar-refractivity contribution in [1.29, 1.82) is 0 Å². The summed E-state index contributed by atoms with van der Waals surface area (Å²) in [6.07, 6.45) is 2.03. The Bertz CT molecular complexity index is 993. The number of carbonyl (C=O) groups is 1. The van der Waals surface area contributed by atoms with Gasteiger partial charge in [0.15, 0.2) is 0 Å². The number of hydrogen-bond acceptors (Lipinski definition) is 5. The molecule has 35 heavy (non-hydrogen) atoms. The second-order valence-corrected chi connectivity index (χ2v) is 7.73. The molecule has 0 unspecified atom stereocenters. The van der Waals surface area contributed by atoms with Gasteiger partial charge >= 0.3 is 0 Å².